The average Bonchev–Trinajstić information content (AvgIpc) is 2.33. The van der Waals surface area contributed by atoms with E-state index in [4.69, 9.17) is 0 Å². The second kappa shape index (κ2) is 10.4. The van der Waals surface area contributed by atoms with Gasteiger partial charge in [-0.1, -0.05) is 0 Å². The monoisotopic (exact) mass is 419 g/mol. The molecule has 19 heavy (non-hydrogen) atoms. The van der Waals surface area contributed by atoms with E-state index in [0.717, 1.165) is 25.6 Å². The third-order valence-corrected chi connectivity index (χ3v) is 5.23. The van der Waals surface area contributed by atoms with Crippen LogP contribution >= 0.6 is 47.5 Å². The minimum absolute atomic E-state index is 0. The number of rotatable bonds is 7. The van der Waals surface area contributed by atoms with Crippen LogP contribution < -0.4 is 10.6 Å². The largest absolute Gasteiger partial charge is 0.357 e. The molecule has 0 rings (SSSR count). The standard InChI is InChI=1S/C13H29N3S2.HI/c1-8-14-11(15-9-12(2,3)17-6)16-10-13(4,5)18-7;/h8-10H2,1-7H3,(H2,14,15,16);1H. The van der Waals surface area contributed by atoms with Gasteiger partial charge in [0.2, 0.25) is 0 Å². The molecule has 0 aliphatic carbocycles. The van der Waals surface area contributed by atoms with Crippen LogP contribution in [-0.4, -0.2) is 47.6 Å². The van der Waals surface area contributed by atoms with Crippen molar-refractivity contribution in [2.45, 2.75) is 44.1 Å². The minimum atomic E-state index is 0. The topological polar surface area (TPSA) is 36.4 Å². The Labute approximate surface area is 145 Å². The van der Waals surface area contributed by atoms with E-state index in [9.17, 15) is 0 Å². The molecule has 2 N–H and O–H groups in total. The number of aliphatic imine (C=N–C) groups is 1. The molecule has 0 atom stereocenters. The Balaban J connectivity index is 0. The van der Waals surface area contributed by atoms with E-state index in [1.807, 2.05) is 23.5 Å². The summed E-state index contributed by atoms with van der Waals surface area (Å²) in [5.41, 5.74) is 0. The lowest BCUT2D eigenvalue weighted by molar-refractivity contribution is 0.657. The Hall–Kier alpha value is 0.700. The number of hydrogen-bond acceptors (Lipinski definition) is 3. The number of guanidine groups is 1. The van der Waals surface area contributed by atoms with E-state index in [0.29, 0.717) is 0 Å². The van der Waals surface area contributed by atoms with Crippen LogP contribution in [0.1, 0.15) is 34.6 Å². The highest BCUT2D eigenvalue weighted by atomic mass is 127. The molecule has 0 radical (unpaired) electrons. The normalized spacial score (nSPS) is 12.9. The highest BCUT2D eigenvalue weighted by molar-refractivity contribution is 14.0. The van der Waals surface area contributed by atoms with Gasteiger partial charge in [0.15, 0.2) is 5.96 Å². The first-order chi connectivity index (χ1) is 8.26. The highest BCUT2D eigenvalue weighted by Gasteiger charge is 2.18. The zero-order valence-electron chi connectivity index (χ0n) is 13.3. The molecular weight excluding hydrogens is 389 g/mol. The van der Waals surface area contributed by atoms with Gasteiger partial charge in [0.05, 0.1) is 6.54 Å². The molecule has 0 heterocycles. The highest BCUT2D eigenvalue weighted by Crippen LogP contribution is 2.21. The smallest absolute Gasteiger partial charge is 0.191 e. The maximum atomic E-state index is 4.66. The van der Waals surface area contributed by atoms with Gasteiger partial charge in [0.25, 0.3) is 0 Å². The molecule has 0 amide bonds. The minimum Gasteiger partial charge on any atom is -0.357 e. The van der Waals surface area contributed by atoms with Crippen molar-refractivity contribution < 1.29 is 0 Å². The van der Waals surface area contributed by atoms with Gasteiger partial charge in [-0.25, -0.2) is 0 Å². The number of hydrogen-bond donors (Lipinski definition) is 2. The predicted molar refractivity (Wildman–Crippen MR) is 105 cm³/mol. The van der Waals surface area contributed by atoms with Crippen molar-refractivity contribution >= 4 is 53.5 Å². The summed E-state index contributed by atoms with van der Waals surface area (Å²) < 4.78 is 0.419. The summed E-state index contributed by atoms with van der Waals surface area (Å²) in [6, 6.07) is 0. The quantitative estimate of drug-likeness (QED) is 0.377. The third-order valence-electron chi connectivity index (χ3n) is 2.75. The summed E-state index contributed by atoms with van der Waals surface area (Å²) in [4.78, 5) is 4.66. The molecule has 116 valence electrons. The lowest BCUT2D eigenvalue weighted by atomic mass is 10.2. The van der Waals surface area contributed by atoms with E-state index in [-0.39, 0.29) is 33.5 Å². The molecule has 0 saturated heterocycles. The molecule has 0 aromatic rings. The second-order valence-corrected chi connectivity index (χ2v) is 8.50. The van der Waals surface area contributed by atoms with E-state index in [2.05, 4.69) is 62.8 Å². The van der Waals surface area contributed by atoms with Crippen molar-refractivity contribution in [3.8, 4) is 0 Å². The fraction of sp³-hybridized carbons (Fsp3) is 0.923. The molecule has 0 unspecified atom stereocenters. The van der Waals surface area contributed by atoms with Crippen molar-refractivity contribution in [1.29, 1.82) is 0 Å². The maximum Gasteiger partial charge on any atom is 0.191 e. The van der Waals surface area contributed by atoms with Crippen LogP contribution in [0.4, 0.5) is 0 Å². The number of nitrogens with zero attached hydrogens (tertiary/aromatic N) is 1. The predicted octanol–water partition coefficient (Wildman–Crippen LogP) is 3.44. The average molecular weight is 419 g/mol. The first kappa shape index (κ1) is 22.0. The van der Waals surface area contributed by atoms with Crippen molar-refractivity contribution in [2.24, 2.45) is 4.99 Å². The zero-order valence-corrected chi connectivity index (χ0v) is 17.3. The second-order valence-electron chi connectivity index (χ2n) is 5.48. The first-order valence-electron chi connectivity index (χ1n) is 6.39. The summed E-state index contributed by atoms with van der Waals surface area (Å²) in [6.45, 7) is 13.6. The van der Waals surface area contributed by atoms with Crippen molar-refractivity contribution in [1.82, 2.24) is 10.6 Å². The van der Waals surface area contributed by atoms with Crippen LogP contribution in [0.5, 0.6) is 0 Å². The SMILES string of the molecule is CCNC(=NCC(C)(C)SC)NCC(C)(C)SC.I. The van der Waals surface area contributed by atoms with Crippen LogP contribution in [-0.2, 0) is 0 Å². The molecule has 0 saturated carbocycles. The van der Waals surface area contributed by atoms with Gasteiger partial charge in [0, 0.05) is 22.6 Å². The molecule has 0 fully saturated rings. The Morgan fingerprint density at radius 2 is 1.53 bits per heavy atom. The van der Waals surface area contributed by atoms with Crippen LogP contribution in [0.15, 0.2) is 4.99 Å². The summed E-state index contributed by atoms with van der Waals surface area (Å²) in [5.74, 6) is 0.918. The Morgan fingerprint density at radius 1 is 1.00 bits per heavy atom. The number of halogens is 1. The van der Waals surface area contributed by atoms with Crippen LogP contribution in [0.3, 0.4) is 0 Å². The van der Waals surface area contributed by atoms with Gasteiger partial charge >= 0.3 is 0 Å². The summed E-state index contributed by atoms with van der Waals surface area (Å²) >= 11 is 3.71. The van der Waals surface area contributed by atoms with Gasteiger partial charge in [-0.3, -0.25) is 4.99 Å². The molecule has 0 aliphatic rings. The molecule has 0 aliphatic heterocycles. The Kier molecular flexibility index (Phi) is 12.1. The van der Waals surface area contributed by atoms with E-state index >= 15 is 0 Å². The van der Waals surface area contributed by atoms with Crippen LogP contribution in [0.2, 0.25) is 0 Å². The van der Waals surface area contributed by atoms with Crippen LogP contribution in [0.25, 0.3) is 0 Å². The lowest BCUT2D eigenvalue weighted by Gasteiger charge is -2.25. The fourth-order valence-corrected chi connectivity index (χ4v) is 1.45. The van der Waals surface area contributed by atoms with Gasteiger partial charge in [0.1, 0.15) is 0 Å². The van der Waals surface area contributed by atoms with E-state index in [1.165, 1.54) is 0 Å². The first-order valence-corrected chi connectivity index (χ1v) is 8.84. The molecule has 3 nitrogen and oxygen atoms in total. The van der Waals surface area contributed by atoms with E-state index in [1.54, 1.807) is 0 Å². The molecule has 0 aromatic heterocycles. The van der Waals surface area contributed by atoms with Crippen LogP contribution in [0, 0.1) is 0 Å². The van der Waals surface area contributed by atoms with Crippen molar-refractivity contribution in [3.63, 3.8) is 0 Å². The molecule has 0 bridgehead atoms. The Bertz CT molecular complexity index is 269. The van der Waals surface area contributed by atoms with E-state index < -0.39 is 0 Å². The third kappa shape index (κ3) is 11.1. The molecular formula is C13H30IN3S2. The fourth-order valence-electron chi connectivity index (χ4n) is 1.04. The van der Waals surface area contributed by atoms with Gasteiger partial charge < -0.3 is 10.6 Å². The maximum absolute atomic E-state index is 4.66. The zero-order chi connectivity index (χ0) is 14.2. The summed E-state index contributed by atoms with van der Waals surface area (Å²) in [7, 11) is 0. The Morgan fingerprint density at radius 3 is 1.95 bits per heavy atom. The summed E-state index contributed by atoms with van der Waals surface area (Å²) in [6.07, 6.45) is 4.27. The van der Waals surface area contributed by atoms with Gasteiger partial charge in [-0.05, 0) is 47.1 Å². The molecule has 6 heteroatoms. The van der Waals surface area contributed by atoms with Gasteiger partial charge in [-0.2, -0.15) is 23.5 Å². The number of thioether (sulfide) groups is 2. The lowest BCUT2D eigenvalue weighted by Crippen LogP contribution is -2.43. The molecule has 0 spiro atoms. The van der Waals surface area contributed by atoms with Crippen molar-refractivity contribution in [2.75, 3.05) is 32.1 Å². The van der Waals surface area contributed by atoms with Crippen molar-refractivity contribution in [3.05, 3.63) is 0 Å². The van der Waals surface area contributed by atoms with Gasteiger partial charge in [-0.15, -0.1) is 24.0 Å². The summed E-state index contributed by atoms with van der Waals surface area (Å²) in [5, 5.41) is 6.71. The molecule has 0 aromatic carbocycles. The number of nitrogens with one attached hydrogen (secondary N) is 2.